The van der Waals surface area contributed by atoms with E-state index in [0.717, 1.165) is 11.3 Å². The van der Waals surface area contributed by atoms with Crippen molar-refractivity contribution in [1.29, 1.82) is 0 Å². The molecule has 2 nitrogen and oxygen atoms in total. The summed E-state index contributed by atoms with van der Waals surface area (Å²) in [5.41, 5.74) is 8.07. The van der Waals surface area contributed by atoms with Crippen LogP contribution in [-0.2, 0) is 0 Å². The zero-order chi connectivity index (χ0) is 13.1. The van der Waals surface area contributed by atoms with Crippen molar-refractivity contribution in [3.05, 3.63) is 58.3 Å². The molecule has 0 aromatic heterocycles. The maximum absolute atomic E-state index is 13.3. The van der Waals surface area contributed by atoms with Gasteiger partial charge < -0.3 is 11.1 Å². The maximum atomic E-state index is 13.3. The molecule has 0 radical (unpaired) electrons. The van der Waals surface area contributed by atoms with E-state index in [-0.39, 0.29) is 11.9 Å². The van der Waals surface area contributed by atoms with E-state index in [0.29, 0.717) is 10.2 Å². The highest BCUT2D eigenvalue weighted by molar-refractivity contribution is 9.10. The topological polar surface area (TPSA) is 38.0 Å². The third-order valence-electron chi connectivity index (χ3n) is 2.76. The van der Waals surface area contributed by atoms with Gasteiger partial charge in [-0.2, -0.15) is 0 Å². The number of nitrogens with two attached hydrogens (primary N) is 1. The van der Waals surface area contributed by atoms with Gasteiger partial charge in [0.25, 0.3) is 0 Å². The molecule has 2 aromatic rings. The Morgan fingerprint density at radius 3 is 2.56 bits per heavy atom. The van der Waals surface area contributed by atoms with Crippen molar-refractivity contribution >= 4 is 27.3 Å². The Labute approximate surface area is 114 Å². The second-order valence-electron chi connectivity index (χ2n) is 4.13. The van der Waals surface area contributed by atoms with Crippen LogP contribution in [0.5, 0.6) is 0 Å². The van der Waals surface area contributed by atoms with Crippen molar-refractivity contribution in [2.24, 2.45) is 0 Å². The van der Waals surface area contributed by atoms with Crippen molar-refractivity contribution in [1.82, 2.24) is 0 Å². The molecule has 0 bridgehead atoms. The molecule has 0 spiro atoms. The third-order valence-corrected chi connectivity index (χ3v) is 3.37. The molecular formula is C14H14BrFN2. The number of rotatable bonds is 3. The van der Waals surface area contributed by atoms with Gasteiger partial charge in [0.2, 0.25) is 0 Å². The fourth-order valence-electron chi connectivity index (χ4n) is 1.75. The Bertz CT molecular complexity index is 543. The Hall–Kier alpha value is -1.55. The highest BCUT2D eigenvalue weighted by atomic mass is 79.9. The average molecular weight is 309 g/mol. The van der Waals surface area contributed by atoms with Crippen molar-refractivity contribution in [2.45, 2.75) is 13.0 Å². The molecule has 0 aliphatic heterocycles. The van der Waals surface area contributed by atoms with Gasteiger partial charge in [-0.25, -0.2) is 4.39 Å². The molecular weight excluding hydrogens is 295 g/mol. The number of hydrogen-bond acceptors (Lipinski definition) is 2. The van der Waals surface area contributed by atoms with E-state index in [1.165, 1.54) is 6.07 Å². The lowest BCUT2D eigenvalue weighted by Crippen LogP contribution is -2.08. The van der Waals surface area contributed by atoms with Crippen LogP contribution in [0, 0.1) is 5.82 Å². The Balaban J connectivity index is 2.22. The molecule has 0 heterocycles. The van der Waals surface area contributed by atoms with E-state index in [2.05, 4.69) is 21.2 Å². The molecule has 2 aromatic carbocycles. The van der Waals surface area contributed by atoms with Crippen molar-refractivity contribution in [3.8, 4) is 0 Å². The molecule has 0 unspecified atom stereocenters. The summed E-state index contributed by atoms with van der Waals surface area (Å²) in [4.78, 5) is 0. The van der Waals surface area contributed by atoms with Crippen LogP contribution >= 0.6 is 15.9 Å². The fourth-order valence-corrected chi connectivity index (χ4v) is 2.09. The summed E-state index contributed by atoms with van der Waals surface area (Å²) in [5.74, 6) is -0.356. The monoisotopic (exact) mass is 308 g/mol. The number of hydrogen-bond donors (Lipinski definition) is 2. The van der Waals surface area contributed by atoms with Crippen LogP contribution in [0.1, 0.15) is 18.5 Å². The van der Waals surface area contributed by atoms with Gasteiger partial charge in [-0.05, 0) is 34.5 Å². The highest BCUT2D eigenvalue weighted by Crippen LogP contribution is 2.29. The molecule has 94 valence electrons. The van der Waals surface area contributed by atoms with Crippen LogP contribution in [0.25, 0.3) is 0 Å². The van der Waals surface area contributed by atoms with Gasteiger partial charge in [-0.3, -0.25) is 0 Å². The lowest BCUT2D eigenvalue weighted by molar-refractivity contribution is 0.622. The van der Waals surface area contributed by atoms with Crippen LogP contribution in [0.2, 0.25) is 0 Å². The van der Waals surface area contributed by atoms with E-state index in [4.69, 9.17) is 5.73 Å². The quantitative estimate of drug-likeness (QED) is 0.828. The second-order valence-corrected chi connectivity index (χ2v) is 4.98. The van der Waals surface area contributed by atoms with Crippen LogP contribution < -0.4 is 11.1 Å². The van der Waals surface area contributed by atoms with Gasteiger partial charge in [0.1, 0.15) is 5.82 Å². The molecule has 0 aliphatic rings. The minimum absolute atomic E-state index is 0.103. The number of halogens is 2. The van der Waals surface area contributed by atoms with Gasteiger partial charge in [0.05, 0.1) is 15.8 Å². The zero-order valence-corrected chi connectivity index (χ0v) is 11.5. The summed E-state index contributed by atoms with van der Waals surface area (Å²) in [6, 6.07) is 13.1. The number of anilines is 2. The minimum Gasteiger partial charge on any atom is -0.397 e. The molecule has 0 saturated carbocycles. The van der Waals surface area contributed by atoms with Gasteiger partial charge >= 0.3 is 0 Å². The lowest BCUT2D eigenvalue weighted by Gasteiger charge is -2.17. The summed E-state index contributed by atoms with van der Waals surface area (Å²) >= 11 is 3.16. The van der Waals surface area contributed by atoms with E-state index in [1.807, 2.05) is 37.3 Å². The Morgan fingerprint density at radius 2 is 1.89 bits per heavy atom. The molecule has 0 fully saturated rings. The van der Waals surface area contributed by atoms with Gasteiger partial charge in [0, 0.05) is 12.1 Å². The summed E-state index contributed by atoms with van der Waals surface area (Å²) in [6.45, 7) is 2.03. The predicted molar refractivity (Wildman–Crippen MR) is 77.0 cm³/mol. The van der Waals surface area contributed by atoms with Gasteiger partial charge in [-0.1, -0.05) is 30.3 Å². The molecule has 0 saturated heterocycles. The van der Waals surface area contributed by atoms with E-state index < -0.39 is 0 Å². The third kappa shape index (κ3) is 2.82. The summed E-state index contributed by atoms with van der Waals surface area (Å²) < 4.78 is 13.7. The molecule has 1 atom stereocenters. The number of nitrogen functional groups attached to an aromatic ring is 1. The molecule has 0 amide bonds. The first-order valence-corrected chi connectivity index (χ1v) is 6.43. The zero-order valence-electron chi connectivity index (χ0n) is 9.95. The lowest BCUT2D eigenvalue weighted by atomic mass is 10.1. The first-order chi connectivity index (χ1) is 8.58. The predicted octanol–water partition coefficient (Wildman–Crippen LogP) is 4.34. The first kappa shape index (κ1) is 12.9. The molecule has 2 rings (SSSR count). The number of nitrogens with one attached hydrogen (secondary N) is 1. The highest BCUT2D eigenvalue weighted by Gasteiger charge is 2.09. The minimum atomic E-state index is -0.356. The number of benzene rings is 2. The largest absolute Gasteiger partial charge is 0.397 e. The van der Waals surface area contributed by atoms with Gasteiger partial charge in [0.15, 0.2) is 0 Å². The standard InChI is InChI=1S/C14H14BrFN2/c1-9(10-5-3-2-4-6-10)18-14-7-11(15)12(16)8-13(14)17/h2-9,18H,17H2,1H3/t9-/m1/s1. The molecule has 4 heteroatoms. The average Bonchev–Trinajstić information content (AvgIpc) is 2.37. The maximum Gasteiger partial charge on any atom is 0.139 e. The van der Waals surface area contributed by atoms with Crippen molar-refractivity contribution < 1.29 is 4.39 Å². The van der Waals surface area contributed by atoms with Crippen LogP contribution in [-0.4, -0.2) is 0 Å². The summed E-state index contributed by atoms with van der Waals surface area (Å²) in [7, 11) is 0. The van der Waals surface area contributed by atoms with Crippen molar-refractivity contribution in [2.75, 3.05) is 11.1 Å². The summed E-state index contributed by atoms with van der Waals surface area (Å²) in [6.07, 6.45) is 0. The second kappa shape index (κ2) is 5.40. The van der Waals surface area contributed by atoms with Crippen LogP contribution in [0.15, 0.2) is 46.9 Å². The van der Waals surface area contributed by atoms with E-state index in [9.17, 15) is 4.39 Å². The molecule has 0 aliphatic carbocycles. The summed E-state index contributed by atoms with van der Waals surface area (Å²) in [5, 5.41) is 3.27. The SMILES string of the molecule is C[C@@H](Nc1cc(Br)c(F)cc1N)c1ccccc1. The van der Waals surface area contributed by atoms with Crippen LogP contribution in [0.4, 0.5) is 15.8 Å². The smallest absolute Gasteiger partial charge is 0.139 e. The molecule has 3 N–H and O–H groups in total. The Morgan fingerprint density at radius 1 is 1.22 bits per heavy atom. The Kier molecular flexibility index (Phi) is 3.87. The van der Waals surface area contributed by atoms with Crippen molar-refractivity contribution in [3.63, 3.8) is 0 Å². The van der Waals surface area contributed by atoms with E-state index in [1.54, 1.807) is 6.07 Å². The van der Waals surface area contributed by atoms with E-state index >= 15 is 0 Å². The fraction of sp³-hybridized carbons (Fsp3) is 0.143. The normalized spacial score (nSPS) is 12.2. The first-order valence-electron chi connectivity index (χ1n) is 5.64. The van der Waals surface area contributed by atoms with Gasteiger partial charge in [-0.15, -0.1) is 0 Å². The molecule has 18 heavy (non-hydrogen) atoms. The van der Waals surface area contributed by atoms with Crippen LogP contribution in [0.3, 0.4) is 0 Å².